The number of fused-ring (bicyclic) bond motifs is 1. The quantitative estimate of drug-likeness (QED) is 0.722. The molecule has 146 valence electrons. The summed E-state index contributed by atoms with van der Waals surface area (Å²) < 4.78 is 41.7. The van der Waals surface area contributed by atoms with Gasteiger partial charge < -0.3 is 9.47 Å². The molecule has 1 aromatic carbocycles. The van der Waals surface area contributed by atoms with E-state index in [0.717, 1.165) is 18.9 Å². The predicted octanol–water partition coefficient (Wildman–Crippen LogP) is 3.37. The maximum absolute atomic E-state index is 14.5. The molecule has 0 amide bonds. The van der Waals surface area contributed by atoms with Gasteiger partial charge in [-0.05, 0) is 32.8 Å². The van der Waals surface area contributed by atoms with Gasteiger partial charge in [0.05, 0.1) is 12.2 Å². The van der Waals surface area contributed by atoms with Gasteiger partial charge in [-0.15, -0.1) is 0 Å². The predicted molar refractivity (Wildman–Crippen MR) is 95.0 cm³/mol. The summed E-state index contributed by atoms with van der Waals surface area (Å²) in [7, 11) is 0. The van der Waals surface area contributed by atoms with Gasteiger partial charge in [0.25, 0.3) is 5.56 Å². The molecule has 1 atom stereocenters. The molecule has 1 aliphatic heterocycles. The van der Waals surface area contributed by atoms with Crippen molar-refractivity contribution in [3.8, 4) is 16.9 Å². The SMILES string of the molecule is CCOC(=O)C(C)Oc1cc(-c2c(Cl)n3n(c2=O)CCCC3)c(F)cc1F. The highest BCUT2D eigenvalue weighted by Crippen LogP contribution is 2.33. The van der Waals surface area contributed by atoms with Crippen LogP contribution >= 0.6 is 11.6 Å². The van der Waals surface area contributed by atoms with Crippen molar-refractivity contribution in [1.29, 1.82) is 0 Å². The number of hydrogen-bond donors (Lipinski definition) is 0. The maximum Gasteiger partial charge on any atom is 0.347 e. The Morgan fingerprint density at radius 3 is 2.52 bits per heavy atom. The Morgan fingerprint density at radius 1 is 1.22 bits per heavy atom. The Hall–Kier alpha value is -2.35. The lowest BCUT2D eigenvalue weighted by Gasteiger charge is -2.17. The average molecular weight is 401 g/mol. The Balaban J connectivity index is 2.04. The van der Waals surface area contributed by atoms with Gasteiger partial charge in [-0.3, -0.25) is 9.48 Å². The van der Waals surface area contributed by atoms with Crippen LogP contribution in [0.5, 0.6) is 5.75 Å². The third-order valence-corrected chi connectivity index (χ3v) is 4.76. The molecular weight excluding hydrogens is 382 g/mol. The Morgan fingerprint density at radius 2 is 1.89 bits per heavy atom. The third kappa shape index (κ3) is 3.58. The molecule has 0 fully saturated rings. The van der Waals surface area contributed by atoms with Crippen LogP contribution in [0.4, 0.5) is 8.78 Å². The molecule has 6 nitrogen and oxygen atoms in total. The van der Waals surface area contributed by atoms with E-state index in [0.29, 0.717) is 19.2 Å². The number of halogens is 3. The van der Waals surface area contributed by atoms with Crippen molar-refractivity contribution >= 4 is 17.6 Å². The minimum atomic E-state index is -1.10. The molecule has 0 saturated heterocycles. The topological polar surface area (TPSA) is 62.5 Å². The Kier molecular flexibility index (Phi) is 5.55. The van der Waals surface area contributed by atoms with Crippen molar-refractivity contribution in [2.75, 3.05) is 6.61 Å². The molecule has 0 aliphatic carbocycles. The van der Waals surface area contributed by atoms with Gasteiger partial charge in [-0.1, -0.05) is 11.6 Å². The van der Waals surface area contributed by atoms with Crippen LogP contribution in [-0.2, 0) is 22.6 Å². The zero-order valence-corrected chi connectivity index (χ0v) is 15.7. The van der Waals surface area contributed by atoms with E-state index < -0.39 is 29.3 Å². The van der Waals surface area contributed by atoms with Crippen molar-refractivity contribution in [2.24, 2.45) is 0 Å². The molecule has 3 rings (SSSR count). The zero-order chi connectivity index (χ0) is 19.7. The molecule has 1 aromatic heterocycles. The lowest BCUT2D eigenvalue weighted by molar-refractivity contribution is -0.150. The monoisotopic (exact) mass is 400 g/mol. The lowest BCUT2D eigenvalue weighted by atomic mass is 10.1. The van der Waals surface area contributed by atoms with Gasteiger partial charge in [-0.25, -0.2) is 18.3 Å². The van der Waals surface area contributed by atoms with E-state index in [4.69, 9.17) is 21.1 Å². The number of rotatable bonds is 5. The largest absolute Gasteiger partial charge is 0.476 e. The molecule has 2 aromatic rings. The number of benzene rings is 1. The summed E-state index contributed by atoms with van der Waals surface area (Å²) in [6.07, 6.45) is 0.568. The summed E-state index contributed by atoms with van der Waals surface area (Å²) in [6, 6.07) is 1.66. The molecule has 0 radical (unpaired) electrons. The smallest absolute Gasteiger partial charge is 0.347 e. The molecule has 9 heteroatoms. The number of ether oxygens (including phenoxy) is 2. The Bertz CT molecular complexity index is 938. The van der Waals surface area contributed by atoms with Crippen molar-refractivity contribution in [1.82, 2.24) is 9.36 Å². The van der Waals surface area contributed by atoms with E-state index in [1.165, 1.54) is 11.6 Å². The van der Waals surface area contributed by atoms with Crippen LogP contribution < -0.4 is 10.3 Å². The molecule has 0 saturated carbocycles. The summed E-state index contributed by atoms with van der Waals surface area (Å²) in [6.45, 7) is 4.18. The first-order chi connectivity index (χ1) is 12.8. The summed E-state index contributed by atoms with van der Waals surface area (Å²) in [5, 5.41) is 0.0922. The van der Waals surface area contributed by atoms with Crippen molar-refractivity contribution in [3.05, 3.63) is 39.3 Å². The highest BCUT2D eigenvalue weighted by molar-refractivity contribution is 6.32. The third-order valence-electron chi connectivity index (χ3n) is 4.38. The van der Waals surface area contributed by atoms with Crippen molar-refractivity contribution in [2.45, 2.75) is 45.9 Å². The second-order valence-electron chi connectivity index (χ2n) is 6.20. The van der Waals surface area contributed by atoms with E-state index in [9.17, 15) is 18.4 Å². The van der Waals surface area contributed by atoms with Crippen molar-refractivity contribution in [3.63, 3.8) is 0 Å². The zero-order valence-electron chi connectivity index (χ0n) is 14.9. The molecular formula is C18H19ClF2N2O4. The van der Waals surface area contributed by atoms with Gasteiger partial charge in [0, 0.05) is 24.7 Å². The van der Waals surface area contributed by atoms with Crippen LogP contribution in [0.2, 0.25) is 5.15 Å². The number of aromatic nitrogens is 2. The number of nitrogens with zero attached hydrogens (tertiary/aromatic N) is 2. The van der Waals surface area contributed by atoms with Gasteiger partial charge >= 0.3 is 5.97 Å². The van der Waals surface area contributed by atoms with Crippen LogP contribution in [0.15, 0.2) is 16.9 Å². The standard InChI is InChI=1S/C18H19ClF2N2O4/c1-3-26-18(25)10(2)27-14-8-11(12(20)9-13(14)21)15-16(19)22-6-4-5-7-23(22)17(15)24/h8-10H,3-7H2,1-2H3. The molecule has 0 bridgehead atoms. The van der Waals surface area contributed by atoms with Crippen LogP contribution in [-0.4, -0.2) is 28.0 Å². The van der Waals surface area contributed by atoms with E-state index in [2.05, 4.69) is 0 Å². The number of esters is 1. The lowest BCUT2D eigenvalue weighted by Crippen LogP contribution is -2.27. The van der Waals surface area contributed by atoms with Gasteiger partial charge in [0.2, 0.25) is 0 Å². The summed E-state index contributed by atoms with van der Waals surface area (Å²) in [4.78, 5) is 24.4. The first-order valence-electron chi connectivity index (χ1n) is 8.67. The molecule has 27 heavy (non-hydrogen) atoms. The van der Waals surface area contributed by atoms with Crippen molar-refractivity contribution < 1.29 is 23.0 Å². The number of carbonyl (C=O) groups is 1. The van der Waals surface area contributed by atoms with Gasteiger partial charge in [0.15, 0.2) is 17.7 Å². The minimum Gasteiger partial charge on any atom is -0.476 e. The number of hydrogen-bond acceptors (Lipinski definition) is 4. The average Bonchev–Trinajstić information content (AvgIpc) is 2.89. The van der Waals surface area contributed by atoms with E-state index >= 15 is 0 Å². The second-order valence-corrected chi connectivity index (χ2v) is 6.56. The second kappa shape index (κ2) is 7.72. The van der Waals surface area contributed by atoms with Crippen LogP contribution in [0.1, 0.15) is 26.7 Å². The fourth-order valence-electron chi connectivity index (χ4n) is 3.06. The van der Waals surface area contributed by atoms with Gasteiger partial charge in [0.1, 0.15) is 11.0 Å². The summed E-state index contributed by atoms with van der Waals surface area (Å²) in [5.74, 6) is -2.98. The fourth-order valence-corrected chi connectivity index (χ4v) is 3.42. The van der Waals surface area contributed by atoms with E-state index in [1.807, 2.05) is 0 Å². The summed E-state index contributed by atoms with van der Waals surface area (Å²) in [5.41, 5.74) is -0.675. The maximum atomic E-state index is 14.5. The highest BCUT2D eigenvalue weighted by atomic mass is 35.5. The van der Waals surface area contributed by atoms with Crippen LogP contribution in [0.25, 0.3) is 11.1 Å². The van der Waals surface area contributed by atoms with Crippen LogP contribution in [0, 0.1) is 11.6 Å². The normalized spacial score (nSPS) is 14.6. The highest BCUT2D eigenvalue weighted by Gasteiger charge is 2.26. The molecule has 2 heterocycles. The van der Waals surface area contributed by atoms with E-state index in [1.54, 1.807) is 11.6 Å². The fraction of sp³-hybridized carbons (Fsp3) is 0.444. The molecule has 1 aliphatic rings. The first-order valence-corrected chi connectivity index (χ1v) is 9.04. The molecule has 0 spiro atoms. The Labute approximate surface area is 159 Å². The number of carbonyl (C=O) groups excluding carboxylic acids is 1. The first kappa shape index (κ1) is 19.4. The van der Waals surface area contributed by atoms with Crippen LogP contribution in [0.3, 0.4) is 0 Å². The summed E-state index contributed by atoms with van der Waals surface area (Å²) >= 11 is 6.31. The van der Waals surface area contributed by atoms with Gasteiger partial charge in [-0.2, -0.15) is 0 Å². The molecule has 0 N–H and O–H groups in total. The molecule has 1 unspecified atom stereocenters. The van der Waals surface area contributed by atoms with E-state index in [-0.39, 0.29) is 28.6 Å². The minimum absolute atomic E-state index is 0.0512.